The Balaban J connectivity index is 1.66. The van der Waals surface area contributed by atoms with E-state index in [9.17, 15) is 9.59 Å². The SMILES string of the molecule is Cc1cc(C(=O)OCc2cccc(OCC(N)=O)c2)c(C)n1Cc1ccccn1. The second-order valence-corrected chi connectivity index (χ2v) is 6.67. The molecule has 0 spiro atoms. The number of esters is 1. The van der Waals surface area contributed by atoms with Crippen LogP contribution in [-0.4, -0.2) is 28.0 Å². The molecule has 1 amide bonds. The molecule has 2 aromatic heterocycles. The van der Waals surface area contributed by atoms with Crippen LogP contribution in [0.4, 0.5) is 0 Å². The van der Waals surface area contributed by atoms with Crippen LogP contribution >= 0.6 is 0 Å². The Kier molecular flexibility index (Phi) is 6.29. The highest BCUT2D eigenvalue weighted by Gasteiger charge is 2.17. The van der Waals surface area contributed by atoms with Crippen molar-refractivity contribution in [2.45, 2.75) is 27.0 Å². The number of hydrogen-bond donors (Lipinski definition) is 1. The van der Waals surface area contributed by atoms with Crippen LogP contribution in [0.3, 0.4) is 0 Å². The number of aromatic nitrogens is 2. The van der Waals surface area contributed by atoms with Crippen LogP contribution in [0.25, 0.3) is 0 Å². The van der Waals surface area contributed by atoms with Gasteiger partial charge in [-0.05, 0) is 49.7 Å². The molecule has 0 unspecified atom stereocenters. The second kappa shape index (κ2) is 9.05. The Labute approximate surface area is 169 Å². The van der Waals surface area contributed by atoms with E-state index in [-0.39, 0.29) is 13.2 Å². The maximum absolute atomic E-state index is 12.6. The molecule has 0 aliphatic rings. The lowest BCUT2D eigenvalue weighted by molar-refractivity contribution is -0.119. The molecule has 0 fully saturated rings. The fourth-order valence-electron chi connectivity index (χ4n) is 3.01. The number of aryl methyl sites for hydroxylation is 1. The first-order valence-electron chi connectivity index (χ1n) is 9.18. The Morgan fingerprint density at radius 3 is 2.66 bits per heavy atom. The van der Waals surface area contributed by atoms with Crippen molar-refractivity contribution < 1.29 is 19.1 Å². The summed E-state index contributed by atoms with van der Waals surface area (Å²) in [6.45, 7) is 4.32. The van der Waals surface area contributed by atoms with Gasteiger partial charge in [0.25, 0.3) is 5.91 Å². The number of benzene rings is 1. The van der Waals surface area contributed by atoms with E-state index in [4.69, 9.17) is 15.2 Å². The number of carbonyl (C=O) groups is 2. The summed E-state index contributed by atoms with van der Waals surface area (Å²) in [5.41, 5.74) is 9.07. The van der Waals surface area contributed by atoms with E-state index in [2.05, 4.69) is 4.98 Å². The third-order valence-electron chi connectivity index (χ3n) is 4.49. The van der Waals surface area contributed by atoms with E-state index in [1.807, 2.05) is 48.7 Å². The maximum atomic E-state index is 12.6. The highest BCUT2D eigenvalue weighted by atomic mass is 16.5. The first kappa shape index (κ1) is 20.1. The maximum Gasteiger partial charge on any atom is 0.340 e. The molecule has 0 aliphatic heterocycles. The van der Waals surface area contributed by atoms with E-state index in [1.165, 1.54) is 0 Å². The predicted molar refractivity (Wildman–Crippen MR) is 107 cm³/mol. The topological polar surface area (TPSA) is 96.4 Å². The average molecular weight is 393 g/mol. The summed E-state index contributed by atoms with van der Waals surface area (Å²) < 4.78 is 12.8. The van der Waals surface area contributed by atoms with Gasteiger partial charge in [-0.15, -0.1) is 0 Å². The lowest BCUT2D eigenvalue weighted by atomic mass is 10.2. The molecule has 3 rings (SSSR count). The van der Waals surface area contributed by atoms with Crippen molar-refractivity contribution in [1.82, 2.24) is 9.55 Å². The monoisotopic (exact) mass is 393 g/mol. The highest BCUT2D eigenvalue weighted by Crippen LogP contribution is 2.19. The van der Waals surface area contributed by atoms with Crippen LogP contribution in [0.15, 0.2) is 54.7 Å². The molecule has 150 valence electrons. The number of rotatable bonds is 8. The largest absolute Gasteiger partial charge is 0.484 e. The molecule has 0 radical (unpaired) electrons. The Morgan fingerprint density at radius 2 is 1.93 bits per heavy atom. The first-order valence-corrected chi connectivity index (χ1v) is 9.18. The second-order valence-electron chi connectivity index (χ2n) is 6.67. The molecule has 7 heteroatoms. The molecule has 1 aromatic carbocycles. The minimum atomic E-state index is -0.553. The zero-order valence-corrected chi connectivity index (χ0v) is 16.4. The van der Waals surface area contributed by atoms with Crippen LogP contribution in [0.5, 0.6) is 5.75 Å². The van der Waals surface area contributed by atoms with Gasteiger partial charge in [-0.25, -0.2) is 4.79 Å². The Hall–Kier alpha value is -3.61. The molecule has 3 aromatic rings. The summed E-state index contributed by atoms with van der Waals surface area (Å²) in [5, 5.41) is 0. The van der Waals surface area contributed by atoms with Gasteiger partial charge < -0.3 is 19.8 Å². The minimum absolute atomic E-state index is 0.0938. The van der Waals surface area contributed by atoms with Crippen LogP contribution in [0.2, 0.25) is 0 Å². The Morgan fingerprint density at radius 1 is 1.10 bits per heavy atom. The fourth-order valence-corrected chi connectivity index (χ4v) is 3.01. The summed E-state index contributed by atoms with van der Waals surface area (Å²) in [5.74, 6) is -0.456. The zero-order valence-electron chi connectivity index (χ0n) is 16.4. The van der Waals surface area contributed by atoms with Gasteiger partial charge in [0.2, 0.25) is 0 Å². The van der Waals surface area contributed by atoms with Gasteiger partial charge in [-0.2, -0.15) is 0 Å². The number of nitrogens with zero attached hydrogens (tertiary/aromatic N) is 2. The average Bonchev–Trinajstić information content (AvgIpc) is 3.00. The molecule has 0 atom stereocenters. The fraction of sp³-hybridized carbons (Fsp3) is 0.227. The van der Waals surface area contributed by atoms with Crippen molar-refractivity contribution in [1.29, 1.82) is 0 Å². The quantitative estimate of drug-likeness (QED) is 0.594. The molecular weight excluding hydrogens is 370 g/mol. The van der Waals surface area contributed by atoms with Gasteiger partial charge in [0.15, 0.2) is 6.61 Å². The van der Waals surface area contributed by atoms with E-state index in [1.54, 1.807) is 24.4 Å². The summed E-state index contributed by atoms with van der Waals surface area (Å²) in [4.78, 5) is 27.8. The van der Waals surface area contributed by atoms with Gasteiger partial charge in [0.1, 0.15) is 12.4 Å². The van der Waals surface area contributed by atoms with E-state index >= 15 is 0 Å². The normalized spacial score (nSPS) is 10.6. The van der Waals surface area contributed by atoms with Crippen molar-refractivity contribution in [2.24, 2.45) is 5.73 Å². The number of amides is 1. The van der Waals surface area contributed by atoms with E-state index < -0.39 is 11.9 Å². The number of ether oxygens (including phenoxy) is 2. The zero-order chi connectivity index (χ0) is 20.8. The number of pyridine rings is 1. The van der Waals surface area contributed by atoms with Crippen LogP contribution in [-0.2, 0) is 22.7 Å². The number of carbonyl (C=O) groups excluding carboxylic acids is 2. The molecule has 0 saturated carbocycles. The van der Waals surface area contributed by atoms with Crippen molar-refractivity contribution in [3.8, 4) is 5.75 Å². The number of primary amides is 1. The van der Waals surface area contributed by atoms with E-state index in [0.717, 1.165) is 22.6 Å². The van der Waals surface area contributed by atoms with Crippen LogP contribution in [0, 0.1) is 13.8 Å². The summed E-state index contributed by atoms with van der Waals surface area (Å²) in [7, 11) is 0. The molecule has 0 aliphatic carbocycles. The van der Waals surface area contributed by atoms with Crippen LogP contribution < -0.4 is 10.5 Å². The van der Waals surface area contributed by atoms with Gasteiger partial charge in [0, 0.05) is 17.6 Å². The molecule has 0 saturated heterocycles. The lowest BCUT2D eigenvalue weighted by Crippen LogP contribution is -2.20. The molecule has 0 bridgehead atoms. The molecule has 29 heavy (non-hydrogen) atoms. The van der Waals surface area contributed by atoms with Gasteiger partial charge in [-0.3, -0.25) is 9.78 Å². The van der Waals surface area contributed by atoms with Crippen molar-refractivity contribution in [3.05, 3.63) is 82.9 Å². The van der Waals surface area contributed by atoms with Gasteiger partial charge in [0.05, 0.1) is 17.8 Å². The predicted octanol–water partition coefficient (Wildman–Crippen LogP) is 2.77. The van der Waals surface area contributed by atoms with Crippen molar-refractivity contribution in [2.75, 3.05) is 6.61 Å². The summed E-state index contributed by atoms with van der Waals surface area (Å²) in [6, 6.07) is 14.6. The molecule has 2 heterocycles. The standard InChI is InChI=1S/C22H23N3O4/c1-15-10-20(16(2)25(15)12-18-7-3-4-9-24-18)22(27)29-13-17-6-5-8-19(11-17)28-14-21(23)26/h3-11H,12-14H2,1-2H3,(H2,23,26). The van der Waals surface area contributed by atoms with Crippen molar-refractivity contribution in [3.63, 3.8) is 0 Å². The third-order valence-corrected chi connectivity index (χ3v) is 4.49. The summed E-state index contributed by atoms with van der Waals surface area (Å²) in [6.07, 6.45) is 1.75. The highest BCUT2D eigenvalue weighted by molar-refractivity contribution is 5.91. The Bertz CT molecular complexity index is 1010. The van der Waals surface area contributed by atoms with Gasteiger partial charge >= 0.3 is 5.97 Å². The first-order chi connectivity index (χ1) is 13.9. The van der Waals surface area contributed by atoms with Crippen LogP contribution in [0.1, 0.15) is 33.0 Å². The molecular formula is C22H23N3O4. The smallest absolute Gasteiger partial charge is 0.340 e. The minimum Gasteiger partial charge on any atom is -0.484 e. The number of nitrogens with two attached hydrogens (primary N) is 1. The van der Waals surface area contributed by atoms with E-state index in [0.29, 0.717) is 17.9 Å². The third kappa shape index (κ3) is 5.22. The molecule has 7 nitrogen and oxygen atoms in total. The van der Waals surface area contributed by atoms with Gasteiger partial charge in [-0.1, -0.05) is 18.2 Å². The lowest BCUT2D eigenvalue weighted by Gasteiger charge is -2.10. The summed E-state index contributed by atoms with van der Waals surface area (Å²) >= 11 is 0. The molecule has 2 N–H and O–H groups in total. The number of hydrogen-bond acceptors (Lipinski definition) is 5. The van der Waals surface area contributed by atoms with Crippen molar-refractivity contribution >= 4 is 11.9 Å².